The van der Waals surface area contributed by atoms with Gasteiger partial charge in [-0.3, -0.25) is 4.18 Å². The molecule has 0 saturated heterocycles. The molecule has 0 atom stereocenters. The van der Waals surface area contributed by atoms with Crippen molar-refractivity contribution in [2.45, 2.75) is 24.8 Å². The Kier molecular flexibility index (Phi) is 3.17. The van der Waals surface area contributed by atoms with Gasteiger partial charge in [-0.25, -0.2) is 0 Å². The number of hydrogen-bond donors (Lipinski definition) is 0. The van der Waals surface area contributed by atoms with Crippen LogP contribution in [0.2, 0.25) is 0 Å². The van der Waals surface area contributed by atoms with E-state index < -0.39 is 10.1 Å². The van der Waals surface area contributed by atoms with Gasteiger partial charge < -0.3 is 0 Å². The molecule has 0 amide bonds. The zero-order valence-corrected chi connectivity index (χ0v) is 10.6. The molecular weight excluding hydrogens is 236 g/mol. The van der Waals surface area contributed by atoms with Crippen molar-refractivity contribution < 1.29 is 12.6 Å². The summed E-state index contributed by atoms with van der Waals surface area (Å²) in [6, 6.07) is 12.6. The van der Waals surface area contributed by atoms with E-state index in [1.54, 1.807) is 32.0 Å². The first-order valence-electron chi connectivity index (χ1n) is 5.42. The summed E-state index contributed by atoms with van der Waals surface area (Å²) in [6.07, 6.45) is -0.359. The standard InChI is InChI=1S/C13H14O3S/c1-10(2)16-17(14,15)13-9-8-11-6-4-3-5-7-12(11)13/h3-10H,1-2H3. The molecule has 90 valence electrons. The van der Waals surface area contributed by atoms with Gasteiger partial charge >= 0.3 is 0 Å². The van der Waals surface area contributed by atoms with Gasteiger partial charge in [-0.05, 0) is 25.5 Å². The predicted molar refractivity (Wildman–Crippen MR) is 66.5 cm³/mol. The fraction of sp³-hybridized carbons (Fsp3) is 0.231. The summed E-state index contributed by atoms with van der Waals surface area (Å²) in [5, 5.41) is 0. The molecule has 0 aromatic heterocycles. The van der Waals surface area contributed by atoms with Crippen LogP contribution in [0.15, 0.2) is 47.4 Å². The van der Waals surface area contributed by atoms with Crippen LogP contribution in [0.3, 0.4) is 0 Å². The second-order valence-corrected chi connectivity index (χ2v) is 5.62. The van der Waals surface area contributed by atoms with E-state index in [2.05, 4.69) is 0 Å². The average molecular weight is 250 g/mol. The van der Waals surface area contributed by atoms with Gasteiger partial charge in [0, 0.05) is 5.56 Å². The third-order valence-corrected chi connectivity index (χ3v) is 3.87. The molecule has 0 aromatic rings. The van der Waals surface area contributed by atoms with E-state index in [-0.39, 0.29) is 11.0 Å². The summed E-state index contributed by atoms with van der Waals surface area (Å²) >= 11 is 0. The second kappa shape index (κ2) is 4.47. The molecular formula is C13H14O3S. The minimum Gasteiger partial charge on any atom is -0.264 e. The highest BCUT2D eigenvalue weighted by atomic mass is 32.2. The number of fused-ring (bicyclic) bond motifs is 1. The van der Waals surface area contributed by atoms with Crippen LogP contribution < -0.4 is 0 Å². The van der Waals surface area contributed by atoms with Gasteiger partial charge in [-0.15, -0.1) is 0 Å². The lowest BCUT2D eigenvalue weighted by Gasteiger charge is -2.08. The largest absolute Gasteiger partial charge is 0.297 e. The molecule has 0 bridgehead atoms. The monoisotopic (exact) mass is 250 g/mol. The fourth-order valence-electron chi connectivity index (χ4n) is 1.71. The van der Waals surface area contributed by atoms with Crippen LogP contribution in [0.1, 0.15) is 13.8 Å². The summed E-state index contributed by atoms with van der Waals surface area (Å²) in [6.45, 7) is 3.39. The third kappa shape index (κ3) is 2.48. The van der Waals surface area contributed by atoms with Crippen molar-refractivity contribution in [1.82, 2.24) is 0 Å². The van der Waals surface area contributed by atoms with E-state index in [0.29, 0.717) is 5.56 Å². The molecule has 2 aliphatic rings. The molecule has 4 heteroatoms. The Morgan fingerprint density at radius 2 is 1.71 bits per heavy atom. The third-order valence-electron chi connectivity index (χ3n) is 2.34. The summed E-state index contributed by atoms with van der Waals surface area (Å²) in [7, 11) is -3.67. The van der Waals surface area contributed by atoms with Gasteiger partial charge in [0.05, 0.1) is 6.10 Å². The first-order chi connectivity index (χ1) is 8.00. The molecule has 0 fully saturated rings. The van der Waals surface area contributed by atoms with Gasteiger partial charge in [-0.1, -0.05) is 36.4 Å². The first kappa shape index (κ1) is 12.1. The van der Waals surface area contributed by atoms with Gasteiger partial charge in [0.15, 0.2) is 0 Å². The number of rotatable bonds is 3. The van der Waals surface area contributed by atoms with E-state index >= 15 is 0 Å². The van der Waals surface area contributed by atoms with Gasteiger partial charge in [0.25, 0.3) is 10.1 Å². The number of hydrogen-bond acceptors (Lipinski definition) is 3. The van der Waals surface area contributed by atoms with E-state index in [4.69, 9.17) is 4.18 Å². The highest BCUT2D eigenvalue weighted by Crippen LogP contribution is 2.31. The maximum absolute atomic E-state index is 12.0. The lowest BCUT2D eigenvalue weighted by molar-refractivity contribution is 0.249. The SMILES string of the molecule is CC(C)OS(=O)(=O)c1ccc2cccccc1-2. The molecule has 0 radical (unpaired) electrons. The molecule has 3 nitrogen and oxygen atoms in total. The van der Waals surface area contributed by atoms with Crippen LogP contribution in [-0.4, -0.2) is 14.5 Å². The normalized spacial score (nSPS) is 12.2. The quantitative estimate of drug-likeness (QED) is 0.787. The Bertz CT molecular complexity index is 587. The van der Waals surface area contributed by atoms with Crippen LogP contribution in [-0.2, 0) is 14.3 Å². The Morgan fingerprint density at radius 3 is 2.41 bits per heavy atom. The first-order valence-corrected chi connectivity index (χ1v) is 6.82. The van der Waals surface area contributed by atoms with Crippen molar-refractivity contribution in [2.24, 2.45) is 0 Å². The van der Waals surface area contributed by atoms with Crippen molar-refractivity contribution in [2.75, 3.05) is 0 Å². The molecule has 17 heavy (non-hydrogen) atoms. The highest BCUT2D eigenvalue weighted by molar-refractivity contribution is 7.87. The van der Waals surface area contributed by atoms with Crippen LogP contribution in [0.5, 0.6) is 0 Å². The van der Waals surface area contributed by atoms with Crippen LogP contribution >= 0.6 is 0 Å². The summed E-state index contributed by atoms with van der Waals surface area (Å²) in [4.78, 5) is 0.234. The van der Waals surface area contributed by atoms with Crippen molar-refractivity contribution >= 4 is 10.1 Å². The Hall–Kier alpha value is -1.39. The topological polar surface area (TPSA) is 43.4 Å². The molecule has 0 N–H and O–H groups in total. The van der Waals surface area contributed by atoms with E-state index in [0.717, 1.165) is 5.56 Å². The minimum absolute atomic E-state index is 0.234. The Balaban J connectivity index is 2.53. The molecule has 2 rings (SSSR count). The summed E-state index contributed by atoms with van der Waals surface area (Å²) in [5.74, 6) is 0. The Labute approximate surface area is 102 Å². The highest BCUT2D eigenvalue weighted by Gasteiger charge is 2.22. The van der Waals surface area contributed by atoms with Gasteiger partial charge in [0.1, 0.15) is 4.90 Å². The van der Waals surface area contributed by atoms with Crippen molar-refractivity contribution in [3.8, 4) is 11.1 Å². The zero-order valence-electron chi connectivity index (χ0n) is 9.75. The lowest BCUT2D eigenvalue weighted by Crippen LogP contribution is -2.12. The predicted octanol–water partition coefficient (Wildman–Crippen LogP) is 2.91. The Morgan fingerprint density at radius 1 is 1.00 bits per heavy atom. The maximum Gasteiger partial charge on any atom is 0.297 e. The van der Waals surface area contributed by atoms with E-state index in [1.807, 2.05) is 24.3 Å². The minimum atomic E-state index is -3.67. The smallest absolute Gasteiger partial charge is 0.264 e. The van der Waals surface area contributed by atoms with E-state index in [1.165, 1.54) is 0 Å². The second-order valence-electron chi connectivity index (χ2n) is 4.08. The van der Waals surface area contributed by atoms with Crippen molar-refractivity contribution in [3.63, 3.8) is 0 Å². The lowest BCUT2D eigenvalue weighted by atomic mass is 10.2. The molecule has 0 aliphatic heterocycles. The summed E-state index contributed by atoms with van der Waals surface area (Å²) in [5.41, 5.74) is 1.58. The molecule has 0 spiro atoms. The molecule has 2 aliphatic carbocycles. The molecule has 0 unspecified atom stereocenters. The van der Waals surface area contributed by atoms with E-state index in [9.17, 15) is 8.42 Å². The molecule has 0 heterocycles. The summed E-state index contributed by atoms with van der Waals surface area (Å²) < 4.78 is 29.0. The van der Waals surface area contributed by atoms with Crippen LogP contribution in [0.25, 0.3) is 11.1 Å². The van der Waals surface area contributed by atoms with Gasteiger partial charge in [-0.2, -0.15) is 8.42 Å². The van der Waals surface area contributed by atoms with Crippen LogP contribution in [0.4, 0.5) is 0 Å². The zero-order chi connectivity index (χ0) is 12.5. The average Bonchev–Trinajstić information content (AvgIpc) is 2.48. The van der Waals surface area contributed by atoms with Crippen LogP contribution in [0, 0.1) is 0 Å². The fourth-order valence-corrected chi connectivity index (χ4v) is 3.01. The van der Waals surface area contributed by atoms with Gasteiger partial charge in [0.2, 0.25) is 0 Å². The van der Waals surface area contributed by atoms with Crippen molar-refractivity contribution in [1.29, 1.82) is 0 Å². The maximum atomic E-state index is 12.0. The van der Waals surface area contributed by atoms with Crippen molar-refractivity contribution in [3.05, 3.63) is 42.5 Å². The molecule has 0 aromatic carbocycles. The molecule has 0 saturated carbocycles.